The molecule has 2 heteroatoms. The van der Waals surface area contributed by atoms with Crippen LogP contribution < -0.4 is 0 Å². The third kappa shape index (κ3) is 3.44. The summed E-state index contributed by atoms with van der Waals surface area (Å²) in [6.45, 7) is 2.19. The molecule has 0 radical (unpaired) electrons. The minimum atomic E-state index is 0.00266. The highest BCUT2D eigenvalue weighted by Gasteiger charge is 2.32. The van der Waals surface area contributed by atoms with Crippen LogP contribution in [0.3, 0.4) is 0 Å². The molecule has 1 fully saturated rings. The topological polar surface area (TPSA) is 34.1 Å². The molecule has 2 nitrogen and oxygen atoms in total. The summed E-state index contributed by atoms with van der Waals surface area (Å²) >= 11 is 0. The van der Waals surface area contributed by atoms with E-state index in [0.29, 0.717) is 5.92 Å². The number of hydrogen-bond acceptors (Lipinski definition) is 2. The molecule has 0 heterocycles. The molecule has 1 rings (SSSR count). The molecular formula is C13H22O2. The third-order valence-electron chi connectivity index (χ3n) is 3.66. The van der Waals surface area contributed by atoms with Gasteiger partial charge in [0.1, 0.15) is 12.6 Å². The highest BCUT2D eigenvalue weighted by molar-refractivity contribution is 5.65. The quantitative estimate of drug-likeness (QED) is 0.499. The average Bonchev–Trinajstić information content (AvgIpc) is 2.29. The van der Waals surface area contributed by atoms with E-state index in [1.165, 1.54) is 19.3 Å². The average molecular weight is 210 g/mol. The number of unbranched alkanes of at least 4 members (excludes halogenated alkanes) is 2. The van der Waals surface area contributed by atoms with E-state index >= 15 is 0 Å². The van der Waals surface area contributed by atoms with Crippen LogP contribution in [0.4, 0.5) is 0 Å². The number of aldehydes is 2. The molecular weight excluding hydrogens is 188 g/mol. The van der Waals surface area contributed by atoms with Crippen molar-refractivity contribution in [3.05, 3.63) is 0 Å². The summed E-state index contributed by atoms with van der Waals surface area (Å²) in [7, 11) is 0. The molecule has 1 aliphatic rings. The molecule has 0 spiro atoms. The zero-order chi connectivity index (χ0) is 11.1. The lowest BCUT2D eigenvalue weighted by Crippen LogP contribution is -2.30. The van der Waals surface area contributed by atoms with Gasteiger partial charge in [-0.15, -0.1) is 0 Å². The highest BCUT2D eigenvalue weighted by atomic mass is 16.1. The number of carbonyl (C=O) groups is 2. The van der Waals surface area contributed by atoms with Gasteiger partial charge in [0.05, 0.1) is 0 Å². The molecule has 86 valence electrons. The number of rotatable bonds is 6. The first-order valence-corrected chi connectivity index (χ1v) is 6.24. The van der Waals surface area contributed by atoms with Gasteiger partial charge in [-0.1, -0.05) is 32.6 Å². The standard InChI is InChI=1S/C13H22O2/c1-2-3-4-6-11-7-5-8-12(9-14)13(11)10-15/h9-13H,2-8H2,1H3. The van der Waals surface area contributed by atoms with Gasteiger partial charge in [-0.3, -0.25) is 0 Å². The molecule has 0 amide bonds. The van der Waals surface area contributed by atoms with Crippen LogP contribution in [-0.4, -0.2) is 12.6 Å². The fourth-order valence-electron chi connectivity index (χ4n) is 2.71. The lowest BCUT2D eigenvalue weighted by molar-refractivity contribution is -0.123. The minimum absolute atomic E-state index is 0.00266. The van der Waals surface area contributed by atoms with Crippen LogP contribution in [0.5, 0.6) is 0 Å². The Hall–Kier alpha value is -0.660. The molecule has 1 saturated carbocycles. The summed E-state index contributed by atoms with van der Waals surface area (Å²) in [5, 5.41) is 0. The lowest BCUT2D eigenvalue weighted by atomic mass is 9.71. The van der Waals surface area contributed by atoms with Crippen molar-refractivity contribution in [2.24, 2.45) is 17.8 Å². The van der Waals surface area contributed by atoms with Crippen LogP contribution >= 0.6 is 0 Å². The van der Waals surface area contributed by atoms with Crippen molar-refractivity contribution in [1.82, 2.24) is 0 Å². The Morgan fingerprint density at radius 2 is 1.93 bits per heavy atom. The van der Waals surface area contributed by atoms with E-state index in [4.69, 9.17) is 0 Å². The molecule has 3 unspecified atom stereocenters. The molecule has 3 atom stereocenters. The van der Waals surface area contributed by atoms with E-state index in [-0.39, 0.29) is 11.8 Å². The fraction of sp³-hybridized carbons (Fsp3) is 0.846. The lowest BCUT2D eigenvalue weighted by Gasteiger charge is -2.32. The van der Waals surface area contributed by atoms with Gasteiger partial charge >= 0.3 is 0 Å². The Bertz CT molecular complexity index is 201. The molecule has 0 aromatic heterocycles. The molecule has 0 saturated heterocycles. The minimum Gasteiger partial charge on any atom is -0.303 e. The number of carbonyl (C=O) groups excluding carboxylic acids is 2. The van der Waals surface area contributed by atoms with E-state index < -0.39 is 0 Å². The van der Waals surface area contributed by atoms with Crippen LogP contribution in [0.1, 0.15) is 51.9 Å². The monoisotopic (exact) mass is 210 g/mol. The summed E-state index contributed by atoms with van der Waals surface area (Å²) in [6.07, 6.45) is 9.97. The summed E-state index contributed by atoms with van der Waals surface area (Å²) in [5.74, 6) is 0.481. The molecule has 15 heavy (non-hydrogen) atoms. The summed E-state index contributed by atoms with van der Waals surface area (Å²) in [5.41, 5.74) is 0. The summed E-state index contributed by atoms with van der Waals surface area (Å²) in [6, 6.07) is 0. The Kier molecular flexibility index (Phi) is 5.59. The molecule has 0 N–H and O–H groups in total. The van der Waals surface area contributed by atoms with Crippen LogP contribution in [0.15, 0.2) is 0 Å². The SMILES string of the molecule is CCCCCC1CCCC(C=O)C1C=O. The van der Waals surface area contributed by atoms with Crippen LogP contribution in [-0.2, 0) is 9.59 Å². The van der Waals surface area contributed by atoms with E-state index in [2.05, 4.69) is 6.92 Å². The van der Waals surface area contributed by atoms with Gasteiger partial charge < -0.3 is 9.59 Å². The summed E-state index contributed by atoms with van der Waals surface area (Å²) in [4.78, 5) is 21.9. The fourth-order valence-corrected chi connectivity index (χ4v) is 2.71. The largest absolute Gasteiger partial charge is 0.303 e. The maximum atomic E-state index is 11.0. The Balaban J connectivity index is 2.45. The van der Waals surface area contributed by atoms with Crippen molar-refractivity contribution in [2.45, 2.75) is 51.9 Å². The number of hydrogen-bond donors (Lipinski definition) is 0. The zero-order valence-electron chi connectivity index (χ0n) is 9.65. The van der Waals surface area contributed by atoms with E-state index in [1.54, 1.807) is 0 Å². The van der Waals surface area contributed by atoms with Crippen molar-refractivity contribution in [2.75, 3.05) is 0 Å². The van der Waals surface area contributed by atoms with Gasteiger partial charge in [0, 0.05) is 11.8 Å². The van der Waals surface area contributed by atoms with Crippen molar-refractivity contribution in [3.63, 3.8) is 0 Å². The first-order valence-electron chi connectivity index (χ1n) is 6.24. The molecule has 0 aromatic carbocycles. The second kappa shape index (κ2) is 6.76. The van der Waals surface area contributed by atoms with Gasteiger partial charge in [-0.2, -0.15) is 0 Å². The smallest absolute Gasteiger partial charge is 0.124 e. The zero-order valence-corrected chi connectivity index (χ0v) is 9.65. The van der Waals surface area contributed by atoms with Gasteiger partial charge in [0.2, 0.25) is 0 Å². The van der Waals surface area contributed by atoms with Crippen molar-refractivity contribution in [1.29, 1.82) is 0 Å². The highest BCUT2D eigenvalue weighted by Crippen LogP contribution is 2.35. The maximum absolute atomic E-state index is 11.0. The van der Waals surface area contributed by atoms with Gasteiger partial charge in [0.15, 0.2) is 0 Å². The molecule has 0 aromatic rings. The molecule has 0 aliphatic heterocycles. The van der Waals surface area contributed by atoms with E-state index in [0.717, 1.165) is 38.3 Å². The van der Waals surface area contributed by atoms with Crippen LogP contribution in [0.2, 0.25) is 0 Å². The maximum Gasteiger partial charge on any atom is 0.124 e. The Morgan fingerprint density at radius 1 is 1.13 bits per heavy atom. The van der Waals surface area contributed by atoms with Gasteiger partial charge in [0.25, 0.3) is 0 Å². The molecule has 1 aliphatic carbocycles. The first-order chi connectivity index (χ1) is 7.33. The third-order valence-corrected chi connectivity index (χ3v) is 3.66. The normalized spacial score (nSPS) is 31.1. The van der Waals surface area contributed by atoms with Crippen molar-refractivity contribution in [3.8, 4) is 0 Å². The Labute approximate surface area is 92.4 Å². The van der Waals surface area contributed by atoms with Gasteiger partial charge in [-0.25, -0.2) is 0 Å². The van der Waals surface area contributed by atoms with E-state index in [1.807, 2.05) is 0 Å². The van der Waals surface area contributed by atoms with Gasteiger partial charge in [-0.05, 0) is 25.2 Å². The second-order valence-corrected chi connectivity index (χ2v) is 4.70. The van der Waals surface area contributed by atoms with Crippen LogP contribution in [0.25, 0.3) is 0 Å². The first kappa shape index (κ1) is 12.4. The van der Waals surface area contributed by atoms with E-state index in [9.17, 15) is 9.59 Å². The summed E-state index contributed by atoms with van der Waals surface area (Å²) < 4.78 is 0. The Morgan fingerprint density at radius 3 is 2.53 bits per heavy atom. The molecule has 0 bridgehead atoms. The predicted molar refractivity (Wildman–Crippen MR) is 60.6 cm³/mol. The van der Waals surface area contributed by atoms with Crippen LogP contribution in [0, 0.1) is 17.8 Å². The van der Waals surface area contributed by atoms with Crippen molar-refractivity contribution >= 4 is 12.6 Å². The second-order valence-electron chi connectivity index (χ2n) is 4.70. The predicted octanol–water partition coefficient (Wildman–Crippen LogP) is 3.00. The van der Waals surface area contributed by atoms with Crippen molar-refractivity contribution < 1.29 is 9.59 Å².